The van der Waals surface area contributed by atoms with E-state index < -0.39 is 38.1 Å². The Balaban J connectivity index is 3.48. The normalized spacial score (nSPS) is 15.4. The number of ether oxygens (including phenoxy) is 1. The summed E-state index contributed by atoms with van der Waals surface area (Å²) in [6.45, 7) is -1.96. The summed E-state index contributed by atoms with van der Waals surface area (Å²) >= 11 is 0. The quantitative estimate of drug-likeness (QED) is 0.590. The predicted octanol–water partition coefficient (Wildman–Crippen LogP) is 2.27. The van der Waals surface area contributed by atoms with Crippen molar-refractivity contribution >= 4 is 0 Å². The van der Waals surface area contributed by atoms with E-state index in [4.69, 9.17) is 5.11 Å². The van der Waals surface area contributed by atoms with Crippen LogP contribution in [0.15, 0.2) is 0 Å². The molecule has 0 saturated heterocycles. The molecule has 0 rings (SSSR count). The van der Waals surface area contributed by atoms with E-state index in [9.17, 15) is 26.3 Å². The number of alkyl halides is 6. The molecule has 15 heavy (non-hydrogen) atoms. The van der Waals surface area contributed by atoms with Crippen LogP contribution in [0.2, 0.25) is 0 Å². The van der Waals surface area contributed by atoms with Gasteiger partial charge in [-0.2, -0.15) is 26.3 Å². The van der Waals surface area contributed by atoms with Gasteiger partial charge in [-0.25, -0.2) is 0 Å². The van der Waals surface area contributed by atoms with Crippen LogP contribution in [0.4, 0.5) is 26.3 Å². The highest BCUT2D eigenvalue weighted by Gasteiger charge is 2.37. The Bertz CT molecular complexity index is 175. The molecule has 0 aromatic rings. The van der Waals surface area contributed by atoms with Crippen LogP contribution < -0.4 is 0 Å². The summed E-state index contributed by atoms with van der Waals surface area (Å²) in [5, 5.41) is 8.44. The third-order valence-electron chi connectivity index (χ3n) is 1.41. The van der Waals surface area contributed by atoms with Crippen molar-refractivity contribution in [2.24, 2.45) is 0 Å². The van der Waals surface area contributed by atoms with Crippen LogP contribution in [0.5, 0.6) is 0 Å². The standard InChI is InChI=1S/C7H10F6O2/c8-6(9,10)4-15-3-1-2-5(14)7(11,12)13/h5,14H,1-4H2. The minimum Gasteiger partial charge on any atom is -0.384 e. The van der Waals surface area contributed by atoms with Gasteiger partial charge in [0.1, 0.15) is 12.7 Å². The maximum Gasteiger partial charge on any atom is 0.414 e. The predicted molar refractivity (Wildman–Crippen MR) is 38.2 cm³/mol. The molecule has 1 unspecified atom stereocenters. The van der Waals surface area contributed by atoms with Crippen LogP contribution >= 0.6 is 0 Å². The highest BCUT2D eigenvalue weighted by Crippen LogP contribution is 2.23. The second-order valence-corrected chi connectivity index (χ2v) is 2.87. The first-order valence-electron chi connectivity index (χ1n) is 4.02. The van der Waals surface area contributed by atoms with Gasteiger partial charge in [0.25, 0.3) is 0 Å². The van der Waals surface area contributed by atoms with Gasteiger partial charge in [0.2, 0.25) is 0 Å². The fourth-order valence-corrected chi connectivity index (χ4v) is 0.730. The number of halogens is 6. The lowest BCUT2D eigenvalue weighted by molar-refractivity contribution is -0.207. The molecular weight excluding hydrogens is 230 g/mol. The molecule has 0 heterocycles. The van der Waals surface area contributed by atoms with Crippen molar-refractivity contribution < 1.29 is 36.2 Å². The zero-order chi connectivity index (χ0) is 12.1. The highest BCUT2D eigenvalue weighted by molar-refractivity contribution is 4.64. The Kier molecular flexibility index (Phi) is 5.36. The second-order valence-electron chi connectivity index (χ2n) is 2.87. The molecule has 0 aromatic carbocycles. The average Bonchev–Trinajstić information content (AvgIpc) is 1.99. The Morgan fingerprint density at radius 2 is 1.60 bits per heavy atom. The third kappa shape index (κ3) is 8.49. The Morgan fingerprint density at radius 1 is 1.07 bits per heavy atom. The minimum atomic E-state index is -4.73. The van der Waals surface area contributed by atoms with Crippen molar-refractivity contribution in [1.82, 2.24) is 0 Å². The monoisotopic (exact) mass is 240 g/mol. The van der Waals surface area contributed by atoms with E-state index in [0.717, 1.165) is 0 Å². The first-order valence-corrected chi connectivity index (χ1v) is 4.02. The van der Waals surface area contributed by atoms with Gasteiger partial charge in [0.15, 0.2) is 0 Å². The van der Waals surface area contributed by atoms with Gasteiger partial charge in [-0.1, -0.05) is 0 Å². The lowest BCUT2D eigenvalue weighted by atomic mass is 10.2. The molecule has 0 saturated carbocycles. The van der Waals surface area contributed by atoms with Gasteiger partial charge in [0.05, 0.1) is 0 Å². The van der Waals surface area contributed by atoms with Crippen LogP contribution in [0, 0.1) is 0 Å². The topological polar surface area (TPSA) is 29.5 Å². The van der Waals surface area contributed by atoms with E-state index in [1.165, 1.54) is 0 Å². The van der Waals surface area contributed by atoms with Gasteiger partial charge in [-0.3, -0.25) is 0 Å². The highest BCUT2D eigenvalue weighted by atomic mass is 19.4. The van der Waals surface area contributed by atoms with Crippen LogP contribution in [-0.4, -0.2) is 36.8 Å². The summed E-state index contributed by atoms with van der Waals surface area (Å²) in [6.07, 6.45) is -12.7. The molecule has 8 heteroatoms. The molecule has 0 amide bonds. The SMILES string of the molecule is OC(CCCOCC(F)(F)F)C(F)(F)F. The second kappa shape index (κ2) is 5.55. The molecule has 0 bridgehead atoms. The largest absolute Gasteiger partial charge is 0.414 e. The molecule has 0 spiro atoms. The van der Waals surface area contributed by atoms with Gasteiger partial charge in [0, 0.05) is 6.61 Å². The Morgan fingerprint density at radius 3 is 2.00 bits per heavy atom. The molecule has 0 aliphatic carbocycles. The summed E-state index contributed by atoms with van der Waals surface area (Å²) in [5.41, 5.74) is 0. The first kappa shape index (κ1) is 14.5. The molecule has 1 atom stereocenters. The zero-order valence-corrected chi connectivity index (χ0v) is 7.53. The van der Waals surface area contributed by atoms with Crippen molar-refractivity contribution in [1.29, 1.82) is 0 Å². The van der Waals surface area contributed by atoms with Crippen molar-refractivity contribution in [3.63, 3.8) is 0 Å². The minimum absolute atomic E-state index is 0.281. The maximum absolute atomic E-state index is 11.7. The number of aliphatic hydroxyl groups excluding tert-OH is 1. The molecule has 0 radical (unpaired) electrons. The molecule has 0 aromatic heterocycles. The fraction of sp³-hybridized carbons (Fsp3) is 1.00. The lowest BCUT2D eigenvalue weighted by Crippen LogP contribution is -2.28. The molecule has 0 fully saturated rings. The van der Waals surface area contributed by atoms with Crippen LogP contribution in [0.3, 0.4) is 0 Å². The van der Waals surface area contributed by atoms with Gasteiger partial charge >= 0.3 is 12.4 Å². The van der Waals surface area contributed by atoms with E-state index in [1.54, 1.807) is 0 Å². The number of hydrogen-bond donors (Lipinski definition) is 1. The van der Waals surface area contributed by atoms with E-state index in [0.29, 0.717) is 0 Å². The van der Waals surface area contributed by atoms with Crippen LogP contribution in [0.1, 0.15) is 12.8 Å². The van der Waals surface area contributed by atoms with Gasteiger partial charge in [-0.15, -0.1) is 0 Å². The van der Waals surface area contributed by atoms with E-state index in [-0.39, 0.29) is 6.42 Å². The van der Waals surface area contributed by atoms with Crippen LogP contribution in [0.25, 0.3) is 0 Å². The number of rotatable bonds is 5. The molecule has 0 aliphatic rings. The summed E-state index contributed by atoms with van der Waals surface area (Å²) in [7, 11) is 0. The van der Waals surface area contributed by atoms with Crippen molar-refractivity contribution in [2.75, 3.05) is 13.2 Å². The Hall–Kier alpha value is -0.500. The molecule has 0 aliphatic heterocycles. The maximum atomic E-state index is 11.7. The number of aliphatic hydroxyl groups is 1. The van der Waals surface area contributed by atoms with E-state index in [1.807, 2.05) is 0 Å². The first-order chi connectivity index (χ1) is 6.63. The summed E-state index contributed by atoms with van der Waals surface area (Å²) in [4.78, 5) is 0. The zero-order valence-electron chi connectivity index (χ0n) is 7.53. The molecule has 92 valence electrons. The summed E-state index contributed by atoms with van der Waals surface area (Å²) < 4.78 is 73.5. The number of hydrogen-bond acceptors (Lipinski definition) is 2. The van der Waals surface area contributed by atoms with Gasteiger partial charge in [-0.05, 0) is 12.8 Å². The Labute approximate surface area is 81.8 Å². The van der Waals surface area contributed by atoms with Crippen molar-refractivity contribution in [3.8, 4) is 0 Å². The van der Waals surface area contributed by atoms with Crippen LogP contribution in [-0.2, 0) is 4.74 Å². The van der Waals surface area contributed by atoms with E-state index >= 15 is 0 Å². The van der Waals surface area contributed by atoms with Gasteiger partial charge < -0.3 is 9.84 Å². The average molecular weight is 240 g/mol. The third-order valence-corrected chi connectivity index (χ3v) is 1.41. The molecule has 2 nitrogen and oxygen atoms in total. The molecule has 1 N–H and O–H groups in total. The van der Waals surface area contributed by atoms with E-state index in [2.05, 4.69) is 4.74 Å². The summed E-state index contributed by atoms with van der Waals surface area (Å²) in [6, 6.07) is 0. The van der Waals surface area contributed by atoms with Crippen molar-refractivity contribution in [3.05, 3.63) is 0 Å². The fourth-order valence-electron chi connectivity index (χ4n) is 0.730. The summed E-state index contributed by atoms with van der Waals surface area (Å²) in [5.74, 6) is 0. The lowest BCUT2D eigenvalue weighted by Gasteiger charge is -2.14. The van der Waals surface area contributed by atoms with Crippen molar-refractivity contribution in [2.45, 2.75) is 31.3 Å². The molecular formula is C7H10F6O2. The smallest absolute Gasteiger partial charge is 0.384 e.